The highest BCUT2D eigenvalue weighted by atomic mass is 32.2. The summed E-state index contributed by atoms with van der Waals surface area (Å²) in [6.45, 7) is 6.47. The number of benzene rings is 2. The Kier molecular flexibility index (Phi) is 9.48. The van der Waals surface area contributed by atoms with Crippen LogP contribution in [0.2, 0.25) is 0 Å². The average Bonchev–Trinajstić information content (AvgIpc) is 2.73. The zero-order valence-corrected chi connectivity index (χ0v) is 19.4. The van der Waals surface area contributed by atoms with E-state index in [0.29, 0.717) is 30.9 Å². The molecule has 2 rings (SSSR count). The van der Waals surface area contributed by atoms with Crippen molar-refractivity contribution in [1.29, 1.82) is 0 Å². The molecule has 0 radical (unpaired) electrons. The monoisotopic (exact) mass is 448 g/mol. The third-order valence-electron chi connectivity index (χ3n) is 4.62. The molecule has 0 unspecified atom stereocenters. The van der Waals surface area contributed by atoms with Gasteiger partial charge in [-0.2, -0.15) is 4.31 Å². The summed E-state index contributed by atoms with van der Waals surface area (Å²) in [5.41, 5.74) is 1.51. The summed E-state index contributed by atoms with van der Waals surface area (Å²) in [5.74, 6) is 0.254. The van der Waals surface area contributed by atoms with Crippen LogP contribution in [0.3, 0.4) is 0 Å². The lowest BCUT2D eigenvalue weighted by molar-refractivity contribution is -0.121. The predicted octanol–water partition coefficient (Wildman–Crippen LogP) is 3.13. The van der Waals surface area contributed by atoms with Crippen molar-refractivity contribution in [3.8, 4) is 5.75 Å². The standard InChI is InChI=1S/C23H32N2O5S/c1-18(2)30-14-8-13-24-23(26)17-25(16-20-9-6-5-7-10-20)31(27,28)21-11-12-22(29-4)19(3)15-21/h5-7,9-12,15,18H,8,13-14,16-17H2,1-4H3,(H,24,26). The van der Waals surface area contributed by atoms with Crippen molar-refractivity contribution in [2.75, 3.05) is 26.8 Å². The van der Waals surface area contributed by atoms with Gasteiger partial charge in [-0.25, -0.2) is 8.42 Å². The molecule has 0 aromatic heterocycles. The van der Waals surface area contributed by atoms with Gasteiger partial charge >= 0.3 is 0 Å². The van der Waals surface area contributed by atoms with E-state index < -0.39 is 10.0 Å². The van der Waals surface area contributed by atoms with Crippen LogP contribution in [0.4, 0.5) is 0 Å². The maximum absolute atomic E-state index is 13.4. The Morgan fingerprint density at radius 1 is 1.13 bits per heavy atom. The minimum atomic E-state index is -3.90. The van der Waals surface area contributed by atoms with E-state index in [4.69, 9.17) is 9.47 Å². The SMILES string of the molecule is COc1ccc(S(=O)(=O)N(CC(=O)NCCCOC(C)C)Cc2ccccc2)cc1C. The fourth-order valence-corrected chi connectivity index (χ4v) is 4.48. The molecule has 0 saturated heterocycles. The Labute approximate surface area is 185 Å². The van der Waals surface area contributed by atoms with E-state index in [1.165, 1.54) is 17.5 Å². The highest BCUT2D eigenvalue weighted by molar-refractivity contribution is 7.89. The number of nitrogens with one attached hydrogen (secondary N) is 1. The minimum Gasteiger partial charge on any atom is -0.496 e. The summed E-state index contributed by atoms with van der Waals surface area (Å²) in [5, 5.41) is 2.78. The lowest BCUT2D eigenvalue weighted by atomic mass is 10.2. The number of carbonyl (C=O) groups excluding carboxylic acids is 1. The molecule has 0 fully saturated rings. The first-order valence-electron chi connectivity index (χ1n) is 10.3. The Morgan fingerprint density at radius 3 is 2.45 bits per heavy atom. The smallest absolute Gasteiger partial charge is 0.243 e. The van der Waals surface area contributed by atoms with Gasteiger partial charge < -0.3 is 14.8 Å². The van der Waals surface area contributed by atoms with Crippen LogP contribution in [0.15, 0.2) is 53.4 Å². The second kappa shape index (κ2) is 11.8. The molecule has 0 aliphatic heterocycles. The third-order valence-corrected chi connectivity index (χ3v) is 6.41. The molecule has 0 aliphatic rings. The van der Waals surface area contributed by atoms with E-state index in [1.54, 1.807) is 19.1 Å². The Morgan fingerprint density at radius 2 is 1.84 bits per heavy atom. The van der Waals surface area contributed by atoms with Crippen LogP contribution in [0, 0.1) is 6.92 Å². The van der Waals surface area contributed by atoms with E-state index in [9.17, 15) is 13.2 Å². The number of sulfonamides is 1. The largest absolute Gasteiger partial charge is 0.496 e. The van der Waals surface area contributed by atoms with Crippen molar-refractivity contribution < 1.29 is 22.7 Å². The number of hydrogen-bond donors (Lipinski definition) is 1. The van der Waals surface area contributed by atoms with Gasteiger partial charge in [-0.05, 0) is 56.5 Å². The van der Waals surface area contributed by atoms with Gasteiger partial charge in [-0.15, -0.1) is 0 Å². The van der Waals surface area contributed by atoms with Gasteiger partial charge in [0.2, 0.25) is 15.9 Å². The van der Waals surface area contributed by atoms with E-state index in [-0.39, 0.29) is 30.0 Å². The Balaban J connectivity index is 2.16. The number of amides is 1. The molecule has 0 spiro atoms. The molecule has 170 valence electrons. The van der Waals surface area contributed by atoms with Gasteiger partial charge in [0.1, 0.15) is 5.75 Å². The maximum Gasteiger partial charge on any atom is 0.243 e. The summed E-state index contributed by atoms with van der Waals surface area (Å²) < 4.78 is 38.6. The fourth-order valence-electron chi connectivity index (χ4n) is 3.01. The van der Waals surface area contributed by atoms with Crippen LogP contribution < -0.4 is 10.1 Å². The van der Waals surface area contributed by atoms with Crippen LogP contribution in [0.5, 0.6) is 5.75 Å². The summed E-state index contributed by atoms with van der Waals surface area (Å²) in [6.07, 6.45) is 0.794. The number of ether oxygens (including phenoxy) is 2. The molecule has 2 aromatic rings. The third kappa shape index (κ3) is 7.65. The minimum absolute atomic E-state index is 0.0954. The lowest BCUT2D eigenvalue weighted by Gasteiger charge is -2.22. The van der Waals surface area contributed by atoms with Crippen molar-refractivity contribution in [2.24, 2.45) is 0 Å². The zero-order valence-electron chi connectivity index (χ0n) is 18.6. The first-order valence-corrected chi connectivity index (χ1v) is 11.7. The van der Waals surface area contributed by atoms with Gasteiger partial charge in [0.25, 0.3) is 0 Å². The second-order valence-corrected chi connectivity index (χ2v) is 9.45. The summed E-state index contributed by atoms with van der Waals surface area (Å²) in [7, 11) is -2.36. The predicted molar refractivity (Wildman–Crippen MR) is 120 cm³/mol. The van der Waals surface area contributed by atoms with Crippen molar-refractivity contribution in [3.05, 3.63) is 59.7 Å². The van der Waals surface area contributed by atoms with Gasteiger partial charge in [0.05, 0.1) is 24.7 Å². The molecule has 0 aliphatic carbocycles. The average molecular weight is 449 g/mol. The first-order chi connectivity index (χ1) is 14.7. The van der Waals surface area contributed by atoms with Crippen molar-refractivity contribution in [1.82, 2.24) is 9.62 Å². The van der Waals surface area contributed by atoms with Gasteiger partial charge in [-0.3, -0.25) is 4.79 Å². The van der Waals surface area contributed by atoms with Crippen molar-refractivity contribution in [3.63, 3.8) is 0 Å². The highest BCUT2D eigenvalue weighted by Crippen LogP contribution is 2.24. The number of aryl methyl sites for hydroxylation is 1. The maximum atomic E-state index is 13.4. The first kappa shape index (κ1) is 24.8. The highest BCUT2D eigenvalue weighted by Gasteiger charge is 2.27. The lowest BCUT2D eigenvalue weighted by Crippen LogP contribution is -2.40. The molecule has 7 nitrogen and oxygen atoms in total. The fraction of sp³-hybridized carbons (Fsp3) is 0.435. The molecule has 8 heteroatoms. The van der Waals surface area contributed by atoms with E-state index in [2.05, 4.69) is 5.32 Å². The van der Waals surface area contributed by atoms with Crippen LogP contribution >= 0.6 is 0 Å². The zero-order chi connectivity index (χ0) is 22.9. The number of carbonyl (C=O) groups is 1. The molecule has 2 aromatic carbocycles. The van der Waals surface area contributed by atoms with Crippen molar-refractivity contribution >= 4 is 15.9 Å². The normalized spacial score (nSPS) is 11.7. The summed E-state index contributed by atoms with van der Waals surface area (Å²) >= 11 is 0. The molecule has 31 heavy (non-hydrogen) atoms. The summed E-state index contributed by atoms with van der Waals surface area (Å²) in [6, 6.07) is 13.9. The van der Waals surface area contributed by atoms with Gasteiger partial charge in [0, 0.05) is 19.7 Å². The molecule has 0 heterocycles. The number of nitrogens with zero attached hydrogens (tertiary/aromatic N) is 1. The Hall–Kier alpha value is -2.42. The topological polar surface area (TPSA) is 84.9 Å². The van der Waals surface area contributed by atoms with Gasteiger partial charge in [0.15, 0.2) is 0 Å². The quantitative estimate of drug-likeness (QED) is 0.504. The van der Waals surface area contributed by atoms with Crippen LogP contribution in [-0.4, -0.2) is 51.5 Å². The van der Waals surface area contributed by atoms with Crippen LogP contribution in [-0.2, 0) is 26.1 Å². The number of hydrogen-bond acceptors (Lipinski definition) is 5. The molecule has 0 saturated carbocycles. The molecule has 0 atom stereocenters. The number of methoxy groups -OCH3 is 1. The van der Waals surface area contributed by atoms with Crippen LogP contribution in [0.25, 0.3) is 0 Å². The summed E-state index contributed by atoms with van der Waals surface area (Å²) in [4.78, 5) is 12.6. The molecular formula is C23H32N2O5S. The van der Waals surface area contributed by atoms with E-state index >= 15 is 0 Å². The van der Waals surface area contributed by atoms with Crippen LogP contribution in [0.1, 0.15) is 31.4 Å². The Bertz CT molecular complexity index is 946. The van der Waals surface area contributed by atoms with Gasteiger partial charge in [-0.1, -0.05) is 30.3 Å². The second-order valence-electron chi connectivity index (χ2n) is 7.51. The molecular weight excluding hydrogens is 416 g/mol. The van der Waals surface area contributed by atoms with E-state index in [1.807, 2.05) is 44.2 Å². The van der Waals surface area contributed by atoms with E-state index in [0.717, 1.165) is 5.56 Å². The van der Waals surface area contributed by atoms with Crippen molar-refractivity contribution in [2.45, 2.75) is 44.7 Å². The molecule has 1 amide bonds. The molecule has 0 bridgehead atoms. The number of rotatable bonds is 12. The molecule has 1 N–H and O–H groups in total.